The number of benzene rings is 1. The minimum absolute atomic E-state index is 0.474. The Bertz CT molecular complexity index is 705. The van der Waals surface area contributed by atoms with E-state index in [9.17, 15) is 9.59 Å². The molecule has 1 aliphatic carbocycles. The van der Waals surface area contributed by atoms with Crippen molar-refractivity contribution >= 4 is 23.0 Å². The summed E-state index contributed by atoms with van der Waals surface area (Å²) in [7, 11) is 0. The molecule has 4 heteroatoms. The van der Waals surface area contributed by atoms with Gasteiger partial charge in [-0.2, -0.15) is 0 Å². The number of hydrogen-bond donors (Lipinski definition) is 1. The van der Waals surface area contributed by atoms with Gasteiger partial charge in [-0.25, -0.2) is 0 Å². The molecule has 1 amide bonds. The number of rotatable bonds is 3. The smallest absolute Gasteiger partial charge is 0.296 e. The Kier molecular flexibility index (Phi) is 3.13. The van der Waals surface area contributed by atoms with Crippen LogP contribution in [0.2, 0.25) is 0 Å². The largest absolute Gasteiger partial charge is 0.318 e. The van der Waals surface area contributed by atoms with Gasteiger partial charge >= 0.3 is 0 Å². The summed E-state index contributed by atoms with van der Waals surface area (Å²) < 4.78 is 0. The van der Waals surface area contributed by atoms with Crippen LogP contribution >= 0.6 is 0 Å². The SMILES string of the molecule is O=C(Nc1cccnc1)C(=O)C1=CCc2ccccc21. The van der Waals surface area contributed by atoms with Gasteiger partial charge in [-0.3, -0.25) is 14.6 Å². The maximum atomic E-state index is 12.2. The zero-order valence-corrected chi connectivity index (χ0v) is 10.7. The van der Waals surface area contributed by atoms with E-state index in [-0.39, 0.29) is 0 Å². The average molecular weight is 264 g/mol. The first-order valence-corrected chi connectivity index (χ1v) is 6.30. The molecule has 0 saturated carbocycles. The summed E-state index contributed by atoms with van der Waals surface area (Å²) in [6, 6.07) is 11.0. The highest BCUT2D eigenvalue weighted by molar-refractivity contribution is 6.56. The standard InChI is InChI=1S/C16H12N2O2/c19-15(16(20)18-12-5-3-9-17-10-12)14-8-7-11-4-1-2-6-13(11)14/h1-6,8-10H,7H2,(H,18,20). The van der Waals surface area contributed by atoms with Crippen molar-refractivity contribution in [3.8, 4) is 0 Å². The van der Waals surface area contributed by atoms with Crippen LogP contribution < -0.4 is 5.32 Å². The third kappa shape index (κ3) is 2.23. The van der Waals surface area contributed by atoms with Crippen molar-refractivity contribution in [3.05, 3.63) is 66.0 Å². The third-order valence-electron chi connectivity index (χ3n) is 3.20. The maximum absolute atomic E-state index is 12.2. The second kappa shape index (κ2) is 5.09. The summed E-state index contributed by atoms with van der Waals surface area (Å²) in [6.45, 7) is 0. The van der Waals surface area contributed by atoms with Crippen molar-refractivity contribution < 1.29 is 9.59 Å². The Labute approximate surface area is 116 Å². The molecule has 0 saturated heterocycles. The van der Waals surface area contributed by atoms with Gasteiger partial charge in [0.05, 0.1) is 11.9 Å². The summed E-state index contributed by atoms with van der Waals surface area (Å²) in [5, 5.41) is 2.56. The van der Waals surface area contributed by atoms with E-state index in [0.717, 1.165) is 11.1 Å². The number of pyridine rings is 1. The number of anilines is 1. The number of hydrogen-bond acceptors (Lipinski definition) is 3. The van der Waals surface area contributed by atoms with Crippen LogP contribution in [0.4, 0.5) is 5.69 Å². The first-order chi connectivity index (χ1) is 9.75. The van der Waals surface area contributed by atoms with Crippen LogP contribution in [0.1, 0.15) is 11.1 Å². The van der Waals surface area contributed by atoms with Crippen LogP contribution in [0.3, 0.4) is 0 Å². The van der Waals surface area contributed by atoms with Crippen molar-refractivity contribution in [1.29, 1.82) is 0 Å². The zero-order chi connectivity index (χ0) is 13.9. The van der Waals surface area contributed by atoms with Crippen molar-refractivity contribution in [3.63, 3.8) is 0 Å². The summed E-state index contributed by atoms with van der Waals surface area (Å²) in [4.78, 5) is 28.1. The quantitative estimate of drug-likeness (QED) is 0.865. The zero-order valence-electron chi connectivity index (χ0n) is 10.7. The molecule has 2 aromatic rings. The third-order valence-corrected chi connectivity index (χ3v) is 3.20. The van der Waals surface area contributed by atoms with Crippen LogP contribution in [0.5, 0.6) is 0 Å². The molecule has 1 aliphatic rings. The molecular weight excluding hydrogens is 252 g/mol. The van der Waals surface area contributed by atoms with Crippen molar-refractivity contribution in [1.82, 2.24) is 4.98 Å². The lowest BCUT2D eigenvalue weighted by atomic mass is 10.0. The molecule has 0 unspecified atom stereocenters. The van der Waals surface area contributed by atoms with E-state index in [1.165, 1.54) is 6.20 Å². The van der Waals surface area contributed by atoms with Crippen LogP contribution in [-0.2, 0) is 16.0 Å². The van der Waals surface area contributed by atoms with Gasteiger partial charge in [0.2, 0.25) is 0 Å². The van der Waals surface area contributed by atoms with Gasteiger partial charge in [0.15, 0.2) is 0 Å². The number of carbonyl (C=O) groups is 2. The minimum Gasteiger partial charge on any atom is -0.318 e. The summed E-state index contributed by atoms with van der Waals surface area (Å²) in [5.41, 5.74) is 2.91. The molecule has 1 aromatic carbocycles. The van der Waals surface area contributed by atoms with Crippen molar-refractivity contribution in [2.75, 3.05) is 5.32 Å². The summed E-state index contributed by atoms with van der Waals surface area (Å²) >= 11 is 0. The molecule has 1 N–H and O–H groups in total. The highest BCUT2D eigenvalue weighted by Gasteiger charge is 2.25. The monoisotopic (exact) mass is 264 g/mol. The van der Waals surface area contributed by atoms with E-state index < -0.39 is 11.7 Å². The number of nitrogens with zero attached hydrogens (tertiary/aromatic N) is 1. The van der Waals surface area contributed by atoms with Gasteiger partial charge in [0.25, 0.3) is 11.7 Å². The number of ketones is 1. The van der Waals surface area contributed by atoms with E-state index in [2.05, 4.69) is 10.3 Å². The predicted octanol–water partition coefficient (Wildman–Crippen LogP) is 2.23. The van der Waals surface area contributed by atoms with Gasteiger partial charge in [-0.1, -0.05) is 30.3 Å². The maximum Gasteiger partial charge on any atom is 0.296 e. The molecule has 1 heterocycles. The molecule has 98 valence electrons. The molecule has 0 aliphatic heterocycles. The van der Waals surface area contributed by atoms with Crippen LogP contribution in [0.15, 0.2) is 54.9 Å². The van der Waals surface area contributed by atoms with Gasteiger partial charge in [-0.05, 0) is 29.7 Å². The normalized spacial score (nSPS) is 12.5. The molecule has 3 rings (SSSR count). The number of amides is 1. The van der Waals surface area contributed by atoms with Gasteiger partial charge in [-0.15, -0.1) is 0 Å². The Morgan fingerprint density at radius 2 is 1.95 bits per heavy atom. The number of carbonyl (C=O) groups excluding carboxylic acids is 2. The lowest BCUT2D eigenvalue weighted by Gasteiger charge is -2.06. The predicted molar refractivity (Wildman–Crippen MR) is 76.0 cm³/mol. The van der Waals surface area contributed by atoms with Crippen LogP contribution in [0, 0.1) is 0 Å². The van der Waals surface area contributed by atoms with E-state index in [1.807, 2.05) is 24.3 Å². The number of nitrogens with one attached hydrogen (secondary N) is 1. The Hall–Kier alpha value is -2.75. The lowest BCUT2D eigenvalue weighted by molar-refractivity contribution is -0.131. The fraction of sp³-hybridized carbons (Fsp3) is 0.0625. The van der Waals surface area contributed by atoms with Gasteiger partial charge in [0, 0.05) is 11.8 Å². The highest BCUT2D eigenvalue weighted by atomic mass is 16.2. The van der Waals surface area contributed by atoms with Crippen molar-refractivity contribution in [2.24, 2.45) is 0 Å². The first-order valence-electron chi connectivity index (χ1n) is 6.30. The minimum atomic E-state index is -0.638. The van der Waals surface area contributed by atoms with E-state index >= 15 is 0 Å². The molecule has 0 fully saturated rings. The average Bonchev–Trinajstić information content (AvgIpc) is 2.91. The Morgan fingerprint density at radius 1 is 1.10 bits per heavy atom. The summed E-state index contributed by atoms with van der Waals surface area (Å²) in [6.07, 6.45) is 5.60. The fourth-order valence-electron chi connectivity index (χ4n) is 2.24. The Morgan fingerprint density at radius 3 is 2.75 bits per heavy atom. The van der Waals surface area contributed by atoms with E-state index in [0.29, 0.717) is 17.7 Å². The van der Waals surface area contributed by atoms with E-state index in [1.54, 1.807) is 24.4 Å². The highest BCUT2D eigenvalue weighted by Crippen LogP contribution is 2.27. The molecule has 4 nitrogen and oxygen atoms in total. The molecule has 0 atom stereocenters. The molecule has 20 heavy (non-hydrogen) atoms. The number of allylic oxidation sites excluding steroid dienone is 1. The molecule has 0 bridgehead atoms. The number of aromatic nitrogens is 1. The van der Waals surface area contributed by atoms with Crippen molar-refractivity contribution in [2.45, 2.75) is 6.42 Å². The number of fused-ring (bicyclic) bond motifs is 1. The molecule has 0 radical (unpaired) electrons. The van der Waals surface area contributed by atoms with Gasteiger partial charge in [0.1, 0.15) is 0 Å². The van der Waals surface area contributed by atoms with Crippen LogP contribution in [0.25, 0.3) is 5.57 Å². The van der Waals surface area contributed by atoms with E-state index in [4.69, 9.17) is 0 Å². The summed E-state index contributed by atoms with van der Waals surface area (Å²) in [5.74, 6) is -1.15. The second-order valence-corrected chi connectivity index (χ2v) is 4.50. The fourth-order valence-corrected chi connectivity index (χ4v) is 2.24. The first kappa shape index (κ1) is 12.3. The Balaban J connectivity index is 1.79. The van der Waals surface area contributed by atoms with Crippen LogP contribution in [-0.4, -0.2) is 16.7 Å². The lowest BCUT2D eigenvalue weighted by Crippen LogP contribution is -2.23. The topological polar surface area (TPSA) is 59.1 Å². The molecule has 1 aromatic heterocycles. The molecule has 0 spiro atoms. The number of Topliss-reactive ketones (excluding diaryl/α,β-unsaturated/α-hetero) is 1. The van der Waals surface area contributed by atoms with Gasteiger partial charge < -0.3 is 5.32 Å². The molecular formula is C16H12N2O2. The second-order valence-electron chi connectivity index (χ2n) is 4.50.